The minimum absolute atomic E-state index is 0.129. The summed E-state index contributed by atoms with van der Waals surface area (Å²) in [6.07, 6.45) is -9.89. The van der Waals surface area contributed by atoms with E-state index in [0.717, 1.165) is 17.7 Å². The zero-order chi connectivity index (χ0) is 23.9. The van der Waals surface area contributed by atoms with Crippen LogP contribution in [0.3, 0.4) is 0 Å². The minimum atomic E-state index is -5.84. The number of carbonyl (C=O) groups excluding carboxylic acids is 1. The van der Waals surface area contributed by atoms with Gasteiger partial charge in [0.25, 0.3) is 0 Å². The van der Waals surface area contributed by atoms with E-state index in [0.29, 0.717) is 18.4 Å². The van der Waals surface area contributed by atoms with E-state index in [1.165, 1.54) is 12.1 Å². The van der Waals surface area contributed by atoms with E-state index in [-0.39, 0.29) is 31.5 Å². The molecule has 1 amide bonds. The number of fused-ring (bicyclic) bond motifs is 2. The molecule has 2 unspecified atom stereocenters. The number of alkyl halides is 5. The molecule has 2 aromatic carbocycles. The fourth-order valence-electron chi connectivity index (χ4n) is 4.59. The number of benzene rings is 2. The maximum Gasteiger partial charge on any atom is 0.499 e. The quantitative estimate of drug-likeness (QED) is 0.596. The summed E-state index contributed by atoms with van der Waals surface area (Å²) in [7, 11) is 0. The summed E-state index contributed by atoms with van der Waals surface area (Å²) in [5.74, 6) is -0.672. The van der Waals surface area contributed by atoms with Gasteiger partial charge in [-0.15, -0.1) is 0 Å². The molecule has 0 spiro atoms. The minimum Gasteiger partial charge on any atom is -0.445 e. The van der Waals surface area contributed by atoms with E-state index in [2.05, 4.69) is 4.74 Å². The largest absolute Gasteiger partial charge is 0.499 e. The third-order valence-corrected chi connectivity index (χ3v) is 6.15. The molecule has 2 aromatic rings. The van der Waals surface area contributed by atoms with Crippen LogP contribution in [0.25, 0.3) is 0 Å². The highest BCUT2D eigenvalue weighted by atomic mass is 19.4. The number of rotatable bonds is 5. The maximum atomic E-state index is 13.1. The Morgan fingerprint density at radius 1 is 0.970 bits per heavy atom. The van der Waals surface area contributed by atoms with Gasteiger partial charge >= 0.3 is 18.4 Å². The Labute approximate surface area is 186 Å². The number of ether oxygens (including phenoxy) is 2. The van der Waals surface area contributed by atoms with Gasteiger partial charge in [0, 0.05) is 24.9 Å². The first-order valence-electron chi connectivity index (χ1n) is 10.4. The molecule has 2 saturated heterocycles. The first kappa shape index (κ1) is 23.3. The highest BCUT2D eigenvalue weighted by Crippen LogP contribution is 2.46. The molecule has 33 heavy (non-hydrogen) atoms. The van der Waals surface area contributed by atoms with Crippen LogP contribution in [0.15, 0.2) is 54.6 Å². The lowest BCUT2D eigenvalue weighted by molar-refractivity contribution is -0.360. The fraction of sp³-hybridized carbons (Fsp3) is 0.435. The van der Waals surface area contributed by atoms with Crippen molar-refractivity contribution in [3.63, 3.8) is 0 Å². The van der Waals surface area contributed by atoms with Gasteiger partial charge in [-0.1, -0.05) is 42.5 Å². The lowest BCUT2D eigenvalue weighted by atomic mass is 9.80. The molecule has 2 bridgehead atoms. The van der Waals surface area contributed by atoms with Crippen molar-refractivity contribution in [1.29, 1.82) is 0 Å². The highest BCUT2D eigenvalue weighted by Gasteiger charge is 2.61. The number of aliphatic hydroxyl groups is 1. The molecule has 2 aliphatic heterocycles. The number of piperidine rings is 1. The van der Waals surface area contributed by atoms with Gasteiger partial charge in [0.05, 0.1) is 5.60 Å². The molecule has 178 valence electrons. The molecule has 5 nitrogen and oxygen atoms in total. The van der Waals surface area contributed by atoms with Crippen molar-refractivity contribution in [2.24, 2.45) is 0 Å². The number of hydrogen-bond acceptors (Lipinski definition) is 4. The van der Waals surface area contributed by atoms with E-state index >= 15 is 0 Å². The average molecular weight is 471 g/mol. The van der Waals surface area contributed by atoms with Crippen molar-refractivity contribution in [3.05, 3.63) is 65.7 Å². The molecule has 2 fully saturated rings. The SMILES string of the molecule is O=C(OCc1ccccc1)N1C2CCC1CC(O)(c1ccc(OC(F)(F)C(F)(F)F)cc1)C2. The van der Waals surface area contributed by atoms with Gasteiger partial charge in [-0.05, 0) is 36.1 Å². The monoisotopic (exact) mass is 471 g/mol. The Morgan fingerprint density at radius 2 is 1.55 bits per heavy atom. The van der Waals surface area contributed by atoms with Gasteiger partial charge in [-0.2, -0.15) is 22.0 Å². The number of carbonyl (C=O) groups is 1. The van der Waals surface area contributed by atoms with Gasteiger partial charge in [0.1, 0.15) is 12.4 Å². The standard InChI is InChI=1S/C23H22F5NO4/c24-22(25,26)23(27,28)33-19-10-6-16(7-11-19)21(31)12-17-8-9-18(13-21)29(17)20(30)32-14-15-4-2-1-3-5-15/h1-7,10-11,17-18,31H,8-9,12-14H2. The molecule has 0 radical (unpaired) electrons. The van der Waals surface area contributed by atoms with Gasteiger partial charge in [-0.25, -0.2) is 4.79 Å². The molecule has 0 aliphatic carbocycles. The van der Waals surface area contributed by atoms with Crippen LogP contribution in [0.2, 0.25) is 0 Å². The Balaban J connectivity index is 1.41. The lowest BCUT2D eigenvalue weighted by Crippen LogP contribution is -2.52. The number of halogens is 5. The molecular formula is C23H22F5NO4. The Morgan fingerprint density at radius 3 is 2.09 bits per heavy atom. The van der Waals surface area contributed by atoms with E-state index in [1.807, 2.05) is 30.3 Å². The molecule has 10 heteroatoms. The molecule has 2 aliphatic rings. The van der Waals surface area contributed by atoms with Crippen LogP contribution in [-0.4, -0.2) is 40.5 Å². The van der Waals surface area contributed by atoms with Gasteiger partial charge in [-0.3, -0.25) is 0 Å². The van der Waals surface area contributed by atoms with E-state index in [4.69, 9.17) is 4.74 Å². The highest BCUT2D eigenvalue weighted by molar-refractivity contribution is 5.69. The molecule has 4 rings (SSSR count). The summed E-state index contributed by atoms with van der Waals surface area (Å²) in [6.45, 7) is 0.129. The van der Waals surface area contributed by atoms with Gasteiger partial charge in [0.2, 0.25) is 0 Å². The van der Waals surface area contributed by atoms with Crippen molar-refractivity contribution < 1.29 is 41.3 Å². The zero-order valence-electron chi connectivity index (χ0n) is 17.4. The molecular weight excluding hydrogens is 449 g/mol. The first-order chi connectivity index (χ1) is 15.5. The smallest absolute Gasteiger partial charge is 0.445 e. The summed E-state index contributed by atoms with van der Waals surface area (Å²) in [6, 6.07) is 13.1. The molecule has 2 atom stereocenters. The van der Waals surface area contributed by atoms with Crippen LogP contribution < -0.4 is 4.74 Å². The summed E-state index contributed by atoms with van der Waals surface area (Å²) in [4.78, 5) is 14.3. The van der Waals surface area contributed by atoms with Crippen LogP contribution in [0, 0.1) is 0 Å². The normalized spacial score (nSPS) is 25.1. The molecule has 0 saturated carbocycles. The summed E-state index contributed by atoms with van der Waals surface area (Å²) >= 11 is 0. The van der Waals surface area contributed by atoms with Crippen molar-refractivity contribution in [2.75, 3.05) is 0 Å². The maximum absolute atomic E-state index is 13.1. The first-order valence-corrected chi connectivity index (χ1v) is 10.4. The number of amides is 1. The topological polar surface area (TPSA) is 59.0 Å². The fourth-order valence-corrected chi connectivity index (χ4v) is 4.59. The Hall–Kier alpha value is -2.88. The predicted molar refractivity (Wildman–Crippen MR) is 106 cm³/mol. The summed E-state index contributed by atoms with van der Waals surface area (Å²) in [5, 5.41) is 11.2. The molecule has 0 aromatic heterocycles. The lowest BCUT2D eigenvalue weighted by Gasteiger charge is -2.43. The van der Waals surface area contributed by atoms with Crippen LogP contribution in [0.4, 0.5) is 26.7 Å². The van der Waals surface area contributed by atoms with Crippen LogP contribution in [0.1, 0.15) is 36.8 Å². The number of hydrogen-bond donors (Lipinski definition) is 1. The second-order valence-electron chi connectivity index (χ2n) is 8.41. The summed E-state index contributed by atoms with van der Waals surface area (Å²) < 4.78 is 72.5. The van der Waals surface area contributed by atoms with Crippen LogP contribution in [-0.2, 0) is 16.9 Å². The molecule has 2 heterocycles. The van der Waals surface area contributed by atoms with E-state index < -0.39 is 29.7 Å². The van der Waals surface area contributed by atoms with Crippen molar-refractivity contribution >= 4 is 6.09 Å². The third-order valence-electron chi connectivity index (χ3n) is 6.15. The van der Waals surface area contributed by atoms with Crippen molar-refractivity contribution in [2.45, 2.75) is 62.3 Å². The average Bonchev–Trinajstić information content (AvgIpc) is 3.04. The van der Waals surface area contributed by atoms with E-state index in [9.17, 15) is 31.9 Å². The van der Waals surface area contributed by atoms with Crippen LogP contribution >= 0.6 is 0 Å². The third kappa shape index (κ3) is 4.75. The second kappa shape index (κ2) is 8.48. The predicted octanol–water partition coefficient (Wildman–Crippen LogP) is 5.37. The molecule has 1 N–H and O–H groups in total. The zero-order valence-corrected chi connectivity index (χ0v) is 17.4. The van der Waals surface area contributed by atoms with Crippen LogP contribution in [0.5, 0.6) is 5.75 Å². The van der Waals surface area contributed by atoms with Crippen molar-refractivity contribution in [1.82, 2.24) is 4.90 Å². The number of nitrogens with zero attached hydrogens (tertiary/aromatic N) is 1. The Bertz CT molecular complexity index is 967. The Kier molecular flexibility index (Phi) is 5.98. The van der Waals surface area contributed by atoms with E-state index in [1.54, 1.807) is 4.90 Å². The second-order valence-corrected chi connectivity index (χ2v) is 8.41. The van der Waals surface area contributed by atoms with Crippen molar-refractivity contribution in [3.8, 4) is 5.75 Å². The van der Waals surface area contributed by atoms with Gasteiger partial charge in [0.15, 0.2) is 0 Å². The van der Waals surface area contributed by atoms with Gasteiger partial charge < -0.3 is 19.5 Å². The summed E-state index contributed by atoms with van der Waals surface area (Å²) in [5.41, 5.74) is -0.142.